The van der Waals surface area contributed by atoms with Crippen LogP contribution >= 0.6 is 50.5 Å². The highest BCUT2D eigenvalue weighted by atomic mass is 79.9. The number of ketones is 1. The second kappa shape index (κ2) is 11.2. The third-order valence-corrected chi connectivity index (χ3v) is 12.5. The highest BCUT2D eigenvalue weighted by molar-refractivity contribution is 9.10. The lowest BCUT2D eigenvalue weighted by molar-refractivity contribution is -0.123. The molecule has 0 radical (unpaired) electrons. The van der Waals surface area contributed by atoms with Gasteiger partial charge in [0.2, 0.25) is 10.0 Å². The Morgan fingerprint density at radius 1 is 1.21 bits per heavy atom. The lowest BCUT2D eigenvalue weighted by Gasteiger charge is -2.31. The number of carbonyl (C=O) groups excluding carboxylic acids is 2. The van der Waals surface area contributed by atoms with Crippen LogP contribution in [0.4, 0.5) is 5.69 Å². The van der Waals surface area contributed by atoms with Crippen molar-refractivity contribution >= 4 is 88.6 Å². The number of piperidine rings is 1. The number of hydrogen-bond donors (Lipinski definition) is 0. The highest BCUT2D eigenvalue weighted by Crippen LogP contribution is 2.45. The Kier molecular flexibility index (Phi) is 8.22. The van der Waals surface area contributed by atoms with Crippen LogP contribution in [0.5, 0.6) is 0 Å². The van der Waals surface area contributed by atoms with Crippen molar-refractivity contribution in [1.29, 1.82) is 0 Å². The van der Waals surface area contributed by atoms with Crippen LogP contribution in [0.15, 0.2) is 39.7 Å². The van der Waals surface area contributed by atoms with E-state index in [1.807, 2.05) is 30.3 Å². The quantitative estimate of drug-likeness (QED) is 0.256. The molecule has 38 heavy (non-hydrogen) atoms. The molecule has 1 fully saturated rings. The van der Waals surface area contributed by atoms with Gasteiger partial charge in [-0.05, 0) is 58.3 Å². The second-order valence-electron chi connectivity index (χ2n) is 9.41. The molecule has 1 amide bonds. The number of hydrogen-bond acceptors (Lipinski definition) is 6. The van der Waals surface area contributed by atoms with Crippen molar-refractivity contribution in [2.75, 3.05) is 38.3 Å². The molecular weight excluding hydrogens is 635 g/mol. The molecule has 0 aliphatic carbocycles. The van der Waals surface area contributed by atoms with Crippen LogP contribution in [0.1, 0.15) is 35.2 Å². The maximum Gasteiger partial charge on any atom is 0.258 e. The summed E-state index contributed by atoms with van der Waals surface area (Å²) in [6.45, 7) is 1.51. The number of sulfonamides is 1. The van der Waals surface area contributed by atoms with E-state index in [-0.39, 0.29) is 42.7 Å². The maximum absolute atomic E-state index is 13.5. The Labute approximate surface area is 243 Å². The van der Waals surface area contributed by atoms with E-state index >= 15 is 0 Å². The first-order valence-electron chi connectivity index (χ1n) is 12.2. The van der Waals surface area contributed by atoms with Gasteiger partial charge in [0.15, 0.2) is 0 Å². The summed E-state index contributed by atoms with van der Waals surface area (Å²) in [7, 11) is -2.29. The number of rotatable bonds is 9. The summed E-state index contributed by atoms with van der Waals surface area (Å²) in [5.74, 6) is -0.516. The van der Waals surface area contributed by atoms with Crippen molar-refractivity contribution in [3.63, 3.8) is 0 Å². The average molecular weight is 660 g/mol. The van der Waals surface area contributed by atoms with Crippen LogP contribution in [0.2, 0.25) is 8.67 Å². The van der Waals surface area contributed by atoms with Gasteiger partial charge in [-0.25, -0.2) is 8.42 Å². The Morgan fingerprint density at radius 2 is 2.00 bits per heavy atom. The normalized spacial score (nSPS) is 18.1. The first-order valence-corrected chi connectivity index (χ1v) is 16.0. The Hall–Kier alpha value is -1.53. The van der Waals surface area contributed by atoms with Crippen LogP contribution in [-0.2, 0) is 26.0 Å². The molecule has 3 aromatic rings. The molecular formula is C26H25BrCl2N2O5S2. The fourth-order valence-electron chi connectivity index (χ4n) is 5.29. The molecule has 7 nitrogen and oxygen atoms in total. The topological polar surface area (TPSA) is 84.0 Å². The van der Waals surface area contributed by atoms with E-state index in [0.29, 0.717) is 38.1 Å². The minimum atomic E-state index is -3.93. The molecule has 2 aliphatic heterocycles. The molecule has 0 bridgehead atoms. The van der Waals surface area contributed by atoms with E-state index in [1.165, 1.54) is 4.31 Å². The number of nitrogens with zero attached hydrogens (tertiary/aromatic N) is 2. The number of anilines is 1. The van der Waals surface area contributed by atoms with Gasteiger partial charge in [-0.3, -0.25) is 9.59 Å². The van der Waals surface area contributed by atoms with Gasteiger partial charge < -0.3 is 9.64 Å². The van der Waals surface area contributed by atoms with Crippen molar-refractivity contribution < 1.29 is 22.7 Å². The first-order chi connectivity index (χ1) is 18.1. The van der Waals surface area contributed by atoms with Gasteiger partial charge in [0, 0.05) is 56.6 Å². The Morgan fingerprint density at radius 3 is 2.71 bits per heavy atom. The SMILES string of the molecule is COCCCN1C(=O)c2cccc3c(CC(=O)C4CCCN(S(=O)(=O)c5c(Cl)sc(Cl)c5Br)C4)ccc1c23. The van der Waals surface area contributed by atoms with Gasteiger partial charge in [0.1, 0.15) is 19.4 Å². The predicted molar refractivity (Wildman–Crippen MR) is 154 cm³/mol. The number of methoxy groups -OCH3 is 1. The lowest BCUT2D eigenvalue weighted by atomic mass is 9.89. The molecule has 1 saturated heterocycles. The number of benzene rings is 2. The molecule has 2 aromatic carbocycles. The maximum atomic E-state index is 13.5. The zero-order valence-corrected chi connectivity index (χ0v) is 25.2. The van der Waals surface area contributed by atoms with Gasteiger partial charge in [-0.1, -0.05) is 41.4 Å². The molecule has 1 atom stereocenters. The number of Topliss-reactive ketones (excluding diaryl/α,β-unsaturated/α-hetero) is 1. The number of amides is 1. The summed E-state index contributed by atoms with van der Waals surface area (Å²) < 4.78 is 33.9. The molecule has 1 unspecified atom stereocenters. The van der Waals surface area contributed by atoms with Crippen LogP contribution in [0.3, 0.4) is 0 Å². The fraction of sp³-hybridized carbons (Fsp3) is 0.385. The van der Waals surface area contributed by atoms with Crippen molar-refractivity contribution in [1.82, 2.24) is 4.31 Å². The number of halogens is 3. The number of carbonyl (C=O) groups is 2. The van der Waals surface area contributed by atoms with Gasteiger partial charge in [-0.15, -0.1) is 11.3 Å². The second-order valence-corrected chi connectivity index (χ2v) is 14.3. The largest absolute Gasteiger partial charge is 0.385 e. The standard InChI is InChI=1S/C26H25BrCl2N2O5S2/c1-36-12-4-11-31-19-9-8-15(17-6-2-7-18(21(17)19)26(31)33)13-20(32)16-5-3-10-30(14-16)38(34,35)23-22(27)24(28)37-25(23)29/h2,6-9,16H,3-5,10-14H2,1H3. The van der Waals surface area contributed by atoms with E-state index in [4.69, 9.17) is 27.9 Å². The molecule has 1 aromatic heterocycles. The summed E-state index contributed by atoms with van der Waals surface area (Å²) in [6.07, 6.45) is 2.05. The van der Waals surface area contributed by atoms with Crippen LogP contribution in [-0.4, -0.2) is 57.8 Å². The molecule has 202 valence electrons. The zero-order valence-electron chi connectivity index (χ0n) is 20.5. The van der Waals surface area contributed by atoms with Crippen LogP contribution in [0, 0.1) is 5.92 Å². The third kappa shape index (κ3) is 4.93. The fourth-order valence-corrected chi connectivity index (χ4v) is 10.3. The summed E-state index contributed by atoms with van der Waals surface area (Å²) in [5.41, 5.74) is 2.31. The molecule has 0 N–H and O–H groups in total. The summed E-state index contributed by atoms with van der Waals surface area (Å²) in [6, 6.07) is 9.41. The van der Waals surface area contributed by atoms with Gasteiger partial charge >= 0.3 is 0 Å². The Bertz CT molecular complexity index is 1540. The minimum absolute atomic E-state index is 0.0274. The van der Waals surface area contributed by atoms with Crippen molar-refractivity contribution in [3.05, 3.63) is 54.6 Å². The minimum Gasteiger partial charge on any atom is -0.385 e. The third-order valence-electron chi connectivity index (χ3n) is 7.14. The molecule has 5 rings (SSSR count). The summed E-state index contributed by atoms with van der Waals surface area (Å²) in [5, 5.41) is 1.74. The summed E-state index contributed by atoms with van der Waals surface area (Å²) in [4.78, 5) is 28.3. The zero-order chi connectivity index (χ0) is 27.2. The smallest absolute Gasteiger partial charge is 0.258 e. The molecule has 0 saturated carbocycles. The molecule has 3 heterocycles. The van der Waals surface area contributed by atoms with E-state index in [9.17, 15) is 18.0 Å². The van der Waals surface area contributed by atoms with Crippen molar-refractivity contribution in [3.8, 4) is 0 Å². The highest BCUT2D eigenvalue weighted by Gasteiger charge is 2.37. The first kappa shape index (κ1) is 28.0. The molecule has 12 heteroatoms. The number of ether oxygens (including phenoxy) is 1. The number of thiophene rings is 1. The average Bonchev–Trinajstić information content (AvgIpc) is 3.33. The monoisotopic (exact) mass is 658 g/mol. The van der Waals surface area contributed by atoms with Crippen LogP contribution < -0.4 is 4.90 Å². The Balaban J connectivity index is 1.38. The van der Waals surface area contributed by atoms with Gasteiger partial charge in [0.05, 0.1) is 10.2 Å². The van der Waals surface area contributed by atoms with E-state index in [1.54, 1.807) is 12.0 Å². The molecule has 0 spiro atoms. The van der Waals surface area contributed by atoms with Crippen molar-refractivity contribution in [2.24, 2.45) is 5.92 Å². The van der Waals surface area contributed by atoms with Crippen molar-refractivity contribution in [2.45, 2.75) is 30.6 Å². The predicted octanol–water partition coefficient (Wildman–Crippen LogP) is 6.18. The lowest BCUT2D eigenvalue weighted by Crippen LogP contribution is -2.42. The van der Waals surface area contributed by atoms with Gasteiger partial charge in [0.25, 0.3) is 5.91 Å². The summed E-state index contributed by atoms with van der Waals surface area (Å²) >= 11 is 16.5. The van der Waals surface area contributed by atoms with Gasteiger partial charge in [-0.2, -0.15) is 4.31 Å². The van der Waals surface area contributed by atoms with E-state index < -0.39 is 15.9 Å². The van der Waals surface area contributed by atoms with E-state index in [2.05, 4.69) is 15.9 Å². The molecule has 2 aliphatic rings. The van der Waals surface area contributed by atoms with Crippen LogP contribution in [0.25, 0.3) is 10.8 Å². The van der Waals surface area contributed by atoms with E-state index in [0.717, 1.165) is 39.8 Å².